The lowest BCUT2D eigenvalue weighted by Crippen LogP contribution is -2.51. The van der Waals surface area contributed by atoms with Crippen molar-refractivity contribution in [3.63, 3.8) is 0 Å². The Labute approximate surface area is 147 Å². The van der Waals surface area contributed by atoms with Crippen LogP contribution in [0.1, 0.15) is 24.8 Å². The highest BCUT2D eigenvalue weighted by molar-refractivity contribution is 5.90. The van der Waals surface area contributed by atoms with Crippen molar-refractivity contribution in [3.05, 3.63) is 36.0 Å². The maximum absolute atomic E-state index is 12.3. The van der Waals surface area contributed by atoms with E-state index >= 15 is 0 Å². The van der Waals surface area contributed by atoms with Crippen LogP contribution >= 0.6 is 0 Å². The van der Waals surface area contributed by atoms with Crippen LogP contribution in [0.25, 0.3) is 10.9 Å². The number of para-hydroxylation sites is 1. The SMILES string of the molecule is CNCCCC[C@H](NC(=O)[C@@H](N)Cc1c[nH]c2ccccc12)C(N)=O. The maximum atomic E-state index is 12.3. The van der Waals surface area contributed by atoms with Crippen LogP contribution in [0.2, 0.25) is 0 Å². The average Bonchev–Trinajstić information content (AvgIpc) is 3.00. The second kappa shape index (κ2) is 9.19. The highest BCUT2D eigenvalue weighted by atomic mass is 16.2. The minimum atomic E-state index is -0.738. The molecule has 0 aliphatic carbocycles. The molecule has 0 saturated carbocycles. The number of carbonyl (C=O) groups is 2. The van der Waals surface area contributed by atoms with Crippen LogP contribution in [-0.4, -0.2) is 42.5 Å². The van der Waals surface area contributed by atoms with Gasteiger partial charge in [0.1, 0.15) is 6.04 Å². The first-order valence-corrected chi connectivity index (χ1v) is 8.57. The number of H-pyrrole nitrogens is 1. The van der Waals surface area contributed by atoms with E-state index in [2.05, 4.69) is 15.6 Å². The maximum Gasteiger partial charge on any atom is 0.240 e. The van der Waals surface area contributed by atoms with Crippen LogP contribution in [-0.2, 0) is 16.0 Å². The van der Waals surface area contributed by atoms with Crippen molar-refractivity contribution in [2.45, 2.75) is 37.8 Å². The lowest BCUT2D eigenvalue weighted by Gasteiger charge is -2.18. The normalized spacial score (nSPS) is 13.5. The average molecular weight is 345 g/mol. The first-order valence-electron chi connectivity index (χ1n) is 8.57. The molecule has 25 heavy (non-hydrogen) atoms. The monoisotopic (exact) mass is 345 g/mol. The zero-order chi connectivity index (χ0) is 18.2. The van der Waals surface area contributed by atoms with E-state index in [1.54, 1.807) is 0 Å². The van der Waals surface area contributed by atoms with Crippen LogP contribution in [0, 0.1) is 0 Å². The van der Waals surface area contributed by atoms with Gasteiger partial charge < -0.3 is 27.1 Å². The molecular weight excluding hydrogens is 318 g/mol. The molecule has 2 rings (SSSR count). The summed E-state index contributed by atoms with van der Waals surface area (Å²) in [6, 6.07) is 6.43. The Morgan fingerprint density at radius 1 is 1.24 bits per heavy atom. The molecule has 0 fully saturated rings. The number of hydrogen-bond acceptors (Lipinski definition) is 4. The number of nitrogens with two attached hydrogens (primary N) is 2. The Balaban J connectivity index is 1.92. The lowest BCUT2D eigenvalue weighted by atomic mass is 10.0. The van der Waals surface area contributed by atoms with E-state index in [9.17, 15) is 9.59 Å². The summed E-state index contributed by atoms with van der Waals surface area (Å²) in [5.74, 6) is -0.889. The van der Waals surface area contributed by atoms with Gasteiger partial charge in [0.05, 0.1) is 6.04 Å². The highest BCUT2D eigenvalue weighted by Gasteiger charge is 2.22. The predicted molar refractivity (Wildman–Crippen MR) is 98.9 cm³/mol. The summed E-state index contributed by atoms with van der Waals surface area (Å²) in [7, 11) is 1.87. The number of rotatable bonds is 10. The van der Waals surface area contributed by atoms with E-state index in [-0.39, 0.29) is 5.91 Å². The topological polar surface area (TPSA) is 126 Å². The quantitative estimate of drug-likeness (QED) is 0.399. The number of aromatic amines is 1. The molecule has 1 heterocycles. The van der Waals surface area contributed by atoms with Gasteiger partial charge in [0, 0.05) is 17.1 Å². The largest absolute Gasteiger partial charge is 0.368 e. The second-order valence-corrected chi connectivity index (χ2v) is 6.23. The molecule has 0 aliphatic rings. The summed E-state index contributed by atoms with van der Waals surface area (Å²) in [5.41, 5.74) is 13.4. The van der Waals surface area contributed by atoms with E-state index in [4.69, 9.17) is 11.5 Å². The first-order chi connectivity index (χ1) is 12.0. The van der Waals surface area contributed by atoms with Gasteiger partial charge in [-0.1, -0.05) is 18.2 Å². The fourth-order valence-corrected chi connectivity index (χ4v) is 2.84. The minimum absolute atomic E-state index is 0.359. The zero-order valence-electron chi connectivity index (χ0n) is 14.5. The molecule has 0 radical (unpaired) electrons. The van der Waals surface area contributed by atoms with E-state index in [1.165, 1.54) is 0 Å². The first kappa shape index (κ1) is 19.0. The van der Waals surface area contributed by atoms with Crippen LogP contribution < -0.4 is 22.1 Å². The van der Waals surface area contributed by atoms with Gasteiger partial charge in [-0.15, -0.1) is 0 Å². The molecule has 0 bridgehead atoms. The third-order valence-electron chi connectivity index (χ3n) is 4.28. The number of nitrogens with one attached hydrogen (secondary N) is 3. The van der Waals surface area contributed by atoms with Crippen LogP contribution in [0.3, 0.4) is 0 Å². The summed E-state index contributed by atoms with van der Waals surface area (Å²) in [5, 5.41) is 6.77. The van der Waals surface area contributed by atoms with Crippen molar-refractivity contribution in [2.24, 2.45) is 11.5 Å². The number of unbranched alkanes of at least 4 members (excludes halogenated alkanes) is 1. The molecule has 1 aromatic heterocycles. The second-order valence-electron chi connectivity index (χ2n) is 6.23. The Kier molecular flexibility index (Phi) is 6.97. The van der Waals surface area contributed by atoms with Crippen molar-refractivity contribution in [1.29, 1.82) is 0 Å². The summed E-state index contributed by atoms with van der Waals surface area (Å²) in [4.78, 5) is 27.1. The molecule has 7 nitrogen and oxygen atoms in total. The predicted octanol–water partition coefficient (Wildman–Crippen LogP) is 0.398. The van der Waals surface area contributed by atoms with Gasteiger partial charge in [-0.25, -0.2) is 0 Å². The van der Waals surface area contributed by atoms with Crippen LogP contribution in [0.4, 0.5) is 0 Å². The number of hydrogen-bond donors (Lipinski definition) is 5. The minimum Gasteiger partial charge on any atom is -0.368 e. The zero-order valence-corrected chi connectivity index (χ0v) is 14.5. The third-order valence-corrected chi connectivity index (χ3v) is 4.28. The van der Waals surface area contributed by atoms with Crippen molar-refractivity contribution in [2.75, 3.05) is 13.6 Å². The van der Waals surface area contributed by atoms with Crippen molar-refractivity contribution in [3.8, 4) is 0 Å². The molecule has 2 aromatic rings. The van der Waals surface area contributed by atoms with Crippen molar-refractivity contribution >= 4 is 22.7 Å². The number of amides is 2. The van der Waals surface area contributed by atoms with Gasteiger partial charge in [0.15, 0.2) is 0 Å². The Morgan fingerprint density at radius 3 is 2.72 bits per heavy atom. The third kappa shape index (κ3) is 5.30. The lowest BCUT2D eigenvalue weighted by molar-refractivity contribution is -0.128. The summed E-state index contributed by atoms with van der Waals surface area (Å²) >= 11 is 0. The number of benzene rings is 1. The van der Waals surface area contributed by atoms with Crippen molar-refractivity contribution in [1.82, 2.24) is 15.6 Å². The molecule has 136 valence electrons. The molecule has 7 N–H and O–H groups in total. The van der Waals surface area contributed by atoms with E-state index in [1.807, 2.05) is 37.5 Å². The fraction of sp³-hybridized carbons (Fsp3) is 0.444. The summed E-state index contributed by atoms with van der Waals surface area (Å²) in [6.07, 6.45) is 4.48. The summed E-state index contributed by atoms with van der Waals surface area (Å²) in [6.45, 7) is 0.861. The van der Waals surface area contributed by atoms with Gasteiger partial charge in [-0.05, 0) is 50.9 Å². The van der Waals surface area contributed by atoms with Gasteiger partial charge in [0.25, 0.3) is 0 Å². The highest BCUT2D eigenvalue weighted by Crippen LogP contribution is 2.18. The van der Waals surface area contributed by atoms with Gasteiger partial charge in [-0.2, -0.15) is 0 Å². The molecule has 1 aromatic carbocycles. The molecule has 7 heteroatoms. The number of primary amides is 1. The Morgan fingerprint density at radius 2 is 2.00 bits per heavy atom. The molecular formula is C18H27N5O2. The standard InChI is InChI=1S/C18H27N5O2/c1-21-9-5-4-8-16(17(20)24)23-18(25)14(19)10-12-11-22-15-7-3-2-6-13(12)15/h2-3,6-7,11,14,16,21-22H,4-5,8-10,19H2,1H3,(H2,20,24)(H,23,25)/t14-,16-/m0/s1. The molecule has 0 saturated heterocycles. The van der Waals surface area contributed by atoms with Crippen LogP contribution in [0.5, 0.6) is 0 Å². The Bertz CT molecular complexity index is 712. The molecule has 2 amide bonds. The molecule has 0 aliphatic heterocycles. The number of fused-ring (bicyclic) bond motifs is 1. The number of aromatic nitrogens is 1. The number of carbonyl (C=O) groups excluding carboxylic acids is 2. The Hall–Kier alpha value is -2.38. The molecule has 0 spiro atoms. The van der Waals surface area contributed by atoms with E-state index in [0.717, 1.165) is 35.9 Å². The smallest absolute Gasteiger partial charge is 0.240 e. The summed E-state index contributed by atoms with van der Waals surface area (Å²) < 4.78 is 0. The molecule has 0 unspecified atom stereocenters. The van der Waals surface area contributed by atoms with Gasteiger partial charge in [0.2, 0.25) is 11.8 Å². The van der Waals surface area contributed by atoms with E-state index < -0.39 is 18.0 Å². The van der Waals surface area contributed by atoms with Crippen molar-refractivity contribution < 1.29 is 9.59 Å². The van der Waals surface area contributed by atoms with Gasteiger partial charge >= 0.3 is 0 Å². The molecule has 2 atom stereocenters. The van der Waals surface area contributed by atoms with Crippen LogP contribution in [0.15, 0.2) is 30.5 Å². The fourth-order valence-electron chi connectivity index (χ4n) is 2.84. The van der Waals surface area contributed by atoms with Gasteiger partial charge in [-0.3, -0.25) is 9.59 Å². The van der Waals surface area contributed by atoms with E-state index in [0.29, 0.717) is 12.8 Å².